The summed E-state index contributed by atoms with van der Waals surface area (Å²) in [6.07, 6.45) is 4.41. The number of fused-ring (bicyclic) bond motifs is 1. The third-order valence-corrected chi connectivity index (χ3v) is 5.29. The molecule has 3 atom stereocenters. The fraction of sp³-hybridized carbons (Fsp3) is 0.846. The summed E-state index contributed by atoms with van der Waals surface area (Å²) in [4.78, 5) is 22.8. The Hall–Kier alpha value is -0.950. The summed E-state index contributed by atoms with van der Waals surface area (Å²) in [6, 6.07) is 0.521. The number of hydrogen-bond donors (Lipinski definition) is 4. The van der Waals surface area contributed by atoms with Gasteiger partial charge in [-0.3, -0.25) is 4.79 Å². The molecule has 2 heterocycles. The van der Waals surface area contributed by atoms with Gasteiger partial charge in [-0.05, 0) is 25.8 Å². The standard InChI is InChI=1S/C13H24N4O2S/c14-6-3-7-15-11(18)5-2-1-4-10-12-9(8-20-10)16-13(19)17-12/h9-10,12H,1-8,14H2,(H,15,18)(H2,16,17,19)/t9-,10?,12-/m0/s1. The second-order valence-corrected chi connectivity index (χ2v) is 6.63. The number of thioether (sulfide) groups is 1. The SMILES string of the molecule is NCCCNC(=O)CCCCC1SC[C@@H]2NC(=O)N[C@H]12. The van der Waals surface area contributed by atoms with Crippen molar-refractivity contribution >= 4 is 23.7 Å². The normalized spacial score (nSPS) is 27.9. The molecule has 2 rings (SSSR count). The van der Waals surface area contributed by atoms with Crippen LogP contribution >= 0.6 is 11.8 Å². The molecule has 0 aromatic rings. The lowest BCUT2D eigenvalue weighted by Crippen LogP contribution is -2.36. The molecule has 114 valence electrons. The highest BCUT2D eigenvalue weighted by Crippen LogP contribution is 2.33. The van der Waals surface area contributed by atoms with E-state index >= 15 is 0 Å². The molecule has 7 heteroatoms. The van der Waals surface area contributed by atoms with Gasteiger partial charge in [-0.1, -0.05) is 6.42 Å². The molecular formula is C13H24N4O2S. The van der Waals surface area contributed by atoms with Crippen molar-refractivity contribution in [3.8, 4) is 0 Å². The zero-order valence-electron chi connectivity index (χ0n) is 11.7. The summed E-state index contributed by atoms with van der Waals surface area (Å²) in [7, 11) is 0. The van der Waals surface area contributed by atoms with Gasteiger partial charge in [-0.2, -0.15) is 11.8 Å². The summed E-state index contributed by atoms with van der Waals surface area (Å²) < 4.78 is 0. The monoisotopic (exact) mass is 300 g/mol. The zero-order valence-corrected chi connectivity index (χ0v) is 12.5. The number of rotatable bonds is 8. The van der Waals surface area contributed by atoms with Gasteiger partial charge < -0.3 is 21.7 Å². The Morgan fingerprint density at radius 2 is 2.20 bits per heavy atom. The van der Waals surface area contributed by atoms with E-state index in [9.17, 15) is 9.59 Å². The molecule has 2 aliphatic heterocycles. The minimum Gasteiger partial charge on any atom is -0.356 e. The van der Waals surface area contributed by atoms with Gasteiger partial charge in [0.05, 0.1) is 12.1 Å². The summed E-state index contributed by atoms with van der Waals surface area (Å²) in [5, 5.41) is 9.27. The van der Waals surface area contributed by atoms with Crippen molar-refractivity contribution in [3.05, 3.63) is 0 Å². The van der Waals surface area contributed by atoms with E-state index in [2.05, 4.69) is 16.0 Å². The first-order chi connectivity index (χ1) is 9.70. The maximum Gasteiger partial charge on any atom is 0.315 e. The van der Waals surface area contributed by atoms with Crippen molar-refractivity contribution in [1.29, 1.82) is 0 Å². The van der Waals surface area contributed by atoms with Crippen LogP contribution in [-0.4, -0.2) is 48.1 Å². The number of unbranched alkanes of at least 4 members (excludes halogenated alkanes) is 1. The van der Waals surface area contributed by atoms with Crippen molar-refractivity contribution in [2.75, 3.05) is 18.8 Å². The second-order valence-electron chi connectivity index (χ2n) is 5.36. The fourth-order valence-corrected chi connectivity index (χ4v) is 4.24. The van der Waals surface area contributed by atoms with E-state index in [1.54, 1.807) is 0 Å². The molecule has 0 bridgehead atoms. The maximum absolute atomic E-state index is 11.5. The molecule has 1 unspecified atom stereocenters. The Balaban J connectivity index is 1.55. The topological polar surface area (TPSA) is 96.2 Å². The Kier molecular flexibility index (Phi) is 5.97. The highest BCUT2D eigenvalue weighted by atomic mass is 32.2. The predicted octanol–water partition coefficient (Wildman–Crippen LogP) is 0.177. The summed E-state index contributed by atoms with van der Waals surface area (Å²) in [5.74, 6) is 1.11. The van der Waals surface area contributed by atoms with E-state index < -0.39 is 0 Å². The van der Waals surface area contributed by atoms with Crippen LogP contribution in [0.3, 0.4) is 0 Å². The van der Waals surface area contributed by atoms with E-state index in [0.717, 1.165) is 31.4 Å². The molecule has 0 saturated carbocycles. The molecule has 6 nitrogen and oxygen atoms in total. The molecule has 0 aromatic heterocycles. The van der Waals surface area contributed by atoms with Gasteiger partial charge in [0, 0.05) is 24.0 Å². The Morgan fingerprint density at radius 1 is 1.35 bits per heavy atom. The first-order valence-electron chi connectivity index (χ1n) is 7.36. The van der Waals surface area contributed by atoms with Gasteiger partial charge >= 0.3 is 6.03 Å². The highest BCUT2D eigenvalue weighted by Gasteiger charge is 2.42. The van der Waals surface area contributed by atoms with Crippen molar-refractivity contribution in [1.82, 2.24) is 16.0 Å². The average Bonchev–Trinajstić information content (AvgIpc) is 2.95. The molecule has 2 aliphatic rings. The van der Waals surface area contributed by atoms with Crippen LogP contribution in [0.15, 0.2) is 0 Å². The van der Waals surface area contributed by atoms with E-state index in [1.165, 1.54) is 0 Å². The fourth-order valence-electron chi connectivity index (χ4n) is 2.69. The minimum atomic E-state index is -0.0374. The third kappa shape index (κ3) is 4.28. The maximum atomic E-state index is 11.5. The predicted molar refractivity (Wildman–Crippen MR) is 80.6 cm³/mol. The molecule has 2 fully saturated rings. The number of hydrogen-bond acceptors (Lipinski definition) is 4. The molecule has 0 spiro atoms. The molecule has 0 aliphatic carbocycles. The zero-order chi connectivity index (χ0) is 14.4. The Labute approximate surface area is 124 Å². The summed E-state index contributed by atoms with van der Waals surface area (Å²) in [5.41, 5.74) is 5.37. The van der Waals surface area contributed by atoms with E-state index in [-0.39, 0.29) is 24.0 Å². The minimum absolute atomic E-state index is 0.0374. The number of carbonyl (C=O) groups is 2. The van der Waals surface area contributed by atoms with Crippen LogP contribution in [0, 0.1) is 0 Å². The van der Waals surface area contributed by atoms with Gasteiger partial charge in [0.25, 0.3) is 0 Å². The van der Waals surface area contributed by atoms with Crippen LogP contribution in [0.2, 0.25) is 0 Å². The van der Waals surface area contributed by atoms with Gasteiger partial charge in [-0.25, -0.2) is 4.79 Å². The molecule has 0 radical (unpaired) electrons. The smallest absolute Gasteiger partial charge is 0.315 e. The van der Waals surface area contributed by atoms with Crippen LogP contribution in [0.1, 0.15) is 32.1 Å². The van der Waals surface area contributed by atoms with Gasteiger partial charge in [0.1, 0.15) is 0 Å². The van der Waals surface area contributed by atoms with Crippen LogP contribution in [0.4, 0.5) is 4.79 Å². The molecule has 2 saturated heterocycles. The summed E-state index contributed by atoms with van der Waals surface area (Å²) in [6.45, 7) is 1.29. The van der Waals surface area contributed by atoms with E-state index in [4.69, 9.17) is 5.73 Å². The average molecular weight is 300 g/mol. The number of nitrogens with two attached hydrogens (primary N) is 1. The van der Waals surface area contributed by atoms with Crippen LogP contribution < -0.4 is 21.7 Å². The van der Waals surface area contributed by atoms with Crippen molar-refractivity contribution in [2.24, 2.45) is 5.73 Å². The molecular weight excluding hydrogens is 276 g/mol. The lowest BCUT2D eigenvalue weighted by atomic mass is 10.0. The molecule has 3 amide bonds. The van der Waals surface area contributed by atoms with Crippen LogP contribution in [0.5, 0.6) is 0 Å². The highest BCUT2D eigenvalue weighted by molar-refractivity contribution is 8.00. The molecule has 20 heavy (non-hydrogen) atoms. The number of carbonyl (C=O) groups excluding carboxylic acids is 2. The Bertz CT molecular complexity index is 353. The number of nitrogens with one attached hydrogen (secondary N) is 3. The van der Waals surface area contributed by atoms with Crippen LogP contribution in [-0.2, 0) is 4.79 Å². The number of amides is 3. The number of urea groups is 1. The first-order valence-corrected chi connectivity index (χ1v) is 8.41. The first kappa shape index (κ1) is 15.4. The van der Waals surface area contributed by atoms with Gasteiger partial charge in [0.15, 0.2) is 0 Å². The second kappa shape index (κ2) is 7.73. The van der Waals surface area contributed by atoms with Gasteiger partial charge in [0.2, 0.25) is 5.91 Å². The lowest BCUT2D eigenvalue weighted by Gasteiger charge is -2.16. The van der Waals surface area contributed by atoms with Crippen molar-refractivity contribution < 1.29 is 9.59 Å². The van der Waals surface area contributed by atoms with Gasteiger partial charge in [-0.15, -0.1) is 0 Å². The summed E-state index contributed by atoms with van der Waals surface area (Å²) >= 11 is 1.92. The lowest BCUT2D eigenvalue weighted by molar-refractivity contribution is -0.121. The molecule has 0 aromatic carbocycles. The Morgan fingerprint density at radius 3 is 3.00 bits per heavy atom. The van der Waals surface area contributed by atoms with E-state index in [1.807, 2.05) is 11.8 Å². The van der Waals surface area contributed by atoms with E-state index in [0.29, 0.717) is 24.8 Å². The van der Waals surface area contributed by atoms with Crippen LogP contribution in [0.25, 0.3) is 0 Å². The third-order valence-electron chi connectivity index (χ3n) is 3.78. The largest absolute Gasteiger partial charge is 0.356 e. The quantitative estimate of drug-likeness (QED) is 0.380. The molecule has 5 N–H and O–H groups in total. The van der Waals surface area contributed by atoms with Crippen molar-refractivity contribution in [2.45, 2.75) is 49.4 Å². The van der Waals surface area contributed by atoms with Crippen molar-refractivity contribution in [3.63, 3.8) is 0 Å².